The molecule has 3 N–H and O–H groups in total. The molecule has 2 aromatic rings. The highest BCUT2D eigenvalue weighted by molar-refractivity contribution is 5.92. The van der Waals surface area contributed by atoms with E-state index in [9.17, 15) is 14.4 Å². The first-order valence-electron chi connectivity index (χ1n) is 12.4. The fourth-order valence-electron chi connectivity index (χ4n) is 4.28. The van der Waals surface area contributed by atoms with Crippen molar-refractivity contribution in [2.75, 3.05) is 6.54 Å². The third-order valence-corrected chi connectivity index (χ3v) is 6.43. The molecule has 8 heteroatoms. The molecule has 0 spiro atoms. The van der Waals surface area contributed by atoms with Gasteiger partial charge in [-0.25, -0.2) is 4.98 Å². The maximum atomic E-state index is 13.2. The largest absolute Gasteiger partial charge is 0.345 e. The molecule has 1 aromatic carbocycles. The van der Waals surface area contributed by atoms with Gasteiger partial charge in [-0.05, 0) is 57.1 Å². The molecule has 8 nitrogen and oxygen atoms in total. The van der Waals surface area contributed by atoms with Crippen LogP contribution < -0.4 is 10.6 Å². The number of carbonyl (C=O) groups is 3. The van der Waals surface area contributed by atoms with Gasteiger partial charge in [0.15, 0.2) is 0 Å². The van der Waals surface area contributed by atoms with Crippen molar-refractivity contribution >= 4 is 28.8 Å². The number of nitrogens with one attached hydrogen (secondary N) is 3. The summed E-state index contributed by atoms with van der Waals surface area (Å²) in [5.41, 5.74) is 1.71. The van der Waals surface area contributed by atoms with Crippen LogP contribution >= 0.6 is 0 Å². The summed E-state index contributed by atoms with van der Waals surface area (Å²) in [5.74, 6) is -0.0655. The van der Waals surface area contributed by atoms with Crippen LogP contribution in [0.2, 0.25) is 0 Å². The van der Waals surface area contributed by atoms with E-state index < -0.39 is 12.1 Å². The van der Waals surface area contributed by atoms with Crippen molar-refractivity contribution < 1.29 is 14.4 Å². The topological polar surface area (TPSA) is 107 Å². The number of rotatable bonds is 8. The SMILES string of the molecule is C[C@H](NC(=O)[C@H](CC(=O)N1CCCC[C@@H]1C)NC(=O)CCC(C)(C)C)c1nc2ccccc2[nH]1. The van der Waals surface area contributed by atoms with Crippen LogP contribution in [0.4, 0.5) is 0 Å². The van der Waals surface area contributed by atoms with E-state index in [4.69, 9.17) is 0 Å². The first-order valence-corrected chi connectivity index (χ1v) is 12.4. The second kappa shape index (κ2) is 11.0. The Balaban J connectivity index is 1.70. The Kier molecular flexibility index (Phi) is 8.33. The number of nitrogens with zero attached hydrogens (tertiary/aromatic N) is 2. The molecule has 1 aliphatic rings. The lowest BCUT2D eigenvalue weighted by Gasteiger charge is -2.34. The fourth-order valence-corrected chi connectivity index (χ4v) is 4.28. The van der Waals surface area contributed by atoms with Crippen molar-refractivity contribution in [3.8, 4) is 0 Å². The van der Waals surface area contributed by atoms with Gasteiger partial charge in [0.25, 0.3) is 0 Å². The summed E-state index contributed by atoms with van der Waals surface area (Å²) in [4.78, 5) is 48.6. The standard InChI is InChI=1S/C26H39N5O3/c1-17-10-8-9-15-31(17)23(33)16-21(28-22(32)13-14-26(3,4)5)25(34)27-18(2)24-29-19-11-6-7-12-20(19)30-24/h6-7,11-12,17-18,21H,8-10,13-16H2,1-5H3,(H,27,34)(H,28,32)(H,29,30)/t17-,18-,21-/m0/s1. The van der Waals surface area contributed by atoms with E-state index in [2.05, 4.69) is 41.4 Å². The van der Waals surface area contributed by atoms with Crippen molar-refractivity contribution in [3.63, 3.8) is 0 Å². The zero-order chi connectivity index (χ0) is 24.9. The predicted octanol–water partition coefficient (Wildman–Crippen LogP) is 3.84. The minimum Gasteiger partial charge on any atom is -0.345 e. The Bertz CT molecular complexity index is 976. The smallest absolute Gasteiger partial charge is 0.243 e. The highest BCUT2D eigenvalue weighted by atomic mass is 16.2. The summed E-state index contributed by atoms with van der Waals surface area (Å²) in [6.45, 7) is 10.8. The van der Waals surface area contributed by atoms with Crippen LogP contribution in [0.5, 0.6) is 0 Å². The van der Waals surface area contributed by atoms with Crippen molar-refractivity contribution in [2.45, 2.75) is 91.3 Å². The highest BCUT2D eigenvalue weighted by Crippen LogP contribution is 2.21. The summed E-state index contributed by atoms with van der Waals surface area (Å²) in [6.07, 6.45) is 3.98. The maximum absolute atomic E-state index is 13.2. The zero-order valence-corrected chi connectivity index (χ0v) is 21.1. The molecule has 1 saturated heterocycles. The van der Waals surface area contributed by atoms with Gasteiger partial charge in [0, 0.05) is 19.0 Å². The van der Waals surface area contributed by atoms with E-state index in [1.165, 1.54) is 0 Å². The summed E-state index contributed by atoms with van der Waals surface area (Å²) >= 11 is 0. The second-order valence-electron chi connectivity index (χ2n) is 10.7. The van der Waals surface area contributed by atoms with Gasteiger partial charge in [-0.15, -0.1) is 0 Å². The number of aromatic amines is 1. The van der Waals surface area contributed by atoms with Gasteiger partial charge in [-0.1, -0.05) is 32.9 Å². The number of carbonyl (C=O) groups excluding carboxylic acids is 3. The van der Waals surface area contributed by atoms with E-state index in [1.807, 2.05) is 43.0 Å². The van der Waals surface area contributed by atoms with Crippen molar-refractivity contribution in [1.82, 2.24) is 25.5 Å². The average molecular weight is 470 g/mol. The number of amides is 3. The van der Waals surface area contributed by atoms with Crippen LogP contribution in [0.25, 0.3) is 11.0 Å². The maximum Gasteiger partial charge on any atom is 0.243 e. The molecular formula is C26H39N5O3. The fraction of sp³-hybridized carbons (Fsp3) is 0.615. The lowest BCUT2D eigenvalue weighted by molar-refractivity contribution is -0.138. The molecule has 0 saturated carbocycles. The lowest BCUT2D eigenvalue weighted by atomic mass is 9.90. The number of fused-ring (bicyclic) bond motifs is 1. The van der Waals surface area contributed by atoms with E-state index in [-0.39, 0.29) is 35.6 Å². The van der Waals surface area contributed by atoms with Gasteiger partial charge in [-0.3, -0.25) is 14.4 Å². The van der Waals surface area contributed by atoms with E-state index >= 15 is 0 Å². The highest BCUT2D eigenvalue weighted by Gasteiger charge is 2.30. The van der Waals surface area contributed by atoms with E-state index in [0.717, 1.165) is 30.3 Å². The molecule has 0 bridgehead atoms. The molecule has 1 fully saturated rings. The van der Waals surface area contributed by atoms with Crippen LogP contribution in [-0.2, 0) is 14.4 Å². The van der Waals surface area contributed by atoms with Gasteiger partial charge in [0.2, 0.25) is 17.7 Å². The van der Waals surface area contributed by atoms with Crippen molar-refractivity contribution in [1.29, 1.82) is 0 Å². The van der Waals surface area contributed by atoms with Crippen LogP contribution in [0.15, 0.2) is 24.3 Å². The molecule has 1 aromatic heterocycles. The predicted molar refractivity (Wildman–Crippen MR) is 133 cm³/mol. The number of H-pyrrole nitrogens is 1. The van der Waals surface area contributed by atoms with Gasteiger partial charge >= 0.3 is 0 Å². The molecule has 1 aliphatic heterocycles. The first-order chi connectivity index (χ1) is 16.0. The molecule has 2 heterocycles. The Morgan fingerprint density at radius 3 is 2.59 bits per heavy atom. The van der Waals surface area contributed by atoms with E-state index in [0.29, 0.717) is 25.2 Å². The number of hydrogen-bond acceptors (Lipinski definition) is 4. The molecule has 3 rings (SSSR count). The summed E-state index contributed by atoms with van der Waals surface area (Å²) < 4.78 is 0. The van der Waals surface area contributed by atoms with Crippen LogP contribution in [0, 0.1) is 5.41 Å². The zero-order valence-electron chi connectivity index (χ0n) is 21.1. The monoisotopic (exact) mass is 469 g/mol. The molecule has 0 unspecified atom stereocenters. The van der Waals surface area contributed by atoms with Gasteiger partial charge < -0.3 is 20.5 Å². The Labute approximate surface area is 202 Å². The summed E-state index contributed by atoms with van der Waals surface area (Å²) in [6, 6.07) is 6.48. The van der Waals surface area contributed by atoms with Gasteiger partial charge in [0.1, 0.15) is 11.9 Å². The molecule has 0 radical (unpaired) electrons. The lowest BCUT2D eigenvalue weighted by Crippen LogP contribution is -2.51. The van der Waals surface area contributed by atoms with Gasteiger partial charge in [-0.2, -0.15) is 0 Å². The van der Waals surface area contributed by atoms with Crippen molar-refractivity contribution in [3.05, 3.63) is 30.1 Å². The Morgan fingerprint density at radius 2 is 1.91 bits per heavy atom. The number of likely N-dealkylation sites (tertiary alicyclic amines) is 1. The molecule has 3 amide bonds. The molecule has 186 valence electrons. The minimum absolute atomic E-state index is 0.00392. The van der Waals surface area contributed by atoms with E-state index in [1.54, 1.807) is 0 Å². The second-order valence-corrected chi connectivity index (χ2v) is 10.7. The normalized spacial score (nSPS) is 18.4. The van der Waals surface area contributed by atoms with Gasteiger partial charge in [0.05, 0.1) is 23.5 Å². The summed E-state index contributed by atoms with van der Waals surface area (Å²) in [7, 11) is 0. The number of para-hydroxylation sites is 2. The third kappa shape index (κ3) is 7.05. The Morgan fingerprint density at radius 1 is 1.18 bits per heavy atom. The van der Waals surface area contributed by atoms with Crippen LogP contribution in [-0.4, -0.2) is 51.2 Å². The number of piperidine rings is 1. The molecule has 3 atom stereocenters. The first kappa shape index (κ1) is 25.7. The number of imidazole rings is 1. The molecular weight excluding hydrogens is 430 g/mol. The van der Waals surface area contributed by atoms with Crippen LogP contribution in [0.1, 0.15) is 85.0 Å². The average Bonchev–Trinajstić information content (AvgIpc) is 3.21. The third-order valence-electron chi connectivity index (χ3n) is 6.43. The number of aromatic nitrogens is 2. The number of benzene rings is 1. The quantitative estimate of drug-likeness (QED) is 0.546. The number of hydrogen-bond donors (Lipinski definition) is 3. The Hall–Kier alpha value is -2.90. The summed E-state index contributed by atoms with van der Waals surface area (Å²) in [5, 5.41) is 5.76. The molecule has 34 heavy (non-hydrogen) atoms. The van der Waals surface area contributed by atoms with Crippen LogP contribution in [0.3, 0.4) is 0 Å². The molecule has 0 aliphatic carbocycles. The van der Waals surface area contributed by atoms with Crippen molar-refractivity contribution in [2.24, 2.45) is 5.41 Å². The minimum atomic E-state index is -0.930.